The van der Waals surface area contributed by atoms with Crippen LogP contribution >= 0.6 is 23.8 Å². The molecule has 0 atom stereocenters. The summed E-state index contributed by atoms with van der Waals surface area (Å²) >= 11 is 11.3. The molecule has 0 unspecified atom stereocenters. The fraction of sp³-hybridized carbons (Fsp3) is 0.0833. The van der Waals surface area contributed by atoms with Crippen LogP contribution in [0.25, 0.3) is 0 Å². The monoisotopic (exact) mass is 493 g/mol. The molecular formula is C24H20ClN5O3S. The van der Waals surface area contributed by atoms with Gasteiger partial charge in [0, 0.05) is 22.5 Å². The van der Waals surface area contributed by atoms with E-state index in [1.807, 2.05) is 31.2 Å². The van der Waals surface area contributed by atoms with Gasteiger partial charge in [0.2, 0.25) is 0 Å². The second-order valence-electron chi connectivity index (χ2n) is 7.38. The van der Waals surface area contributed by atoms with E-state index in [-0.39, 0.29) is 17.6 Å². The van der Waals surface area contributed by atoms with E-state index in [4.69, 9.17) is 28.6 Å². The number of rotatable bonds is 4. The van der Waals surface area contributed by atoms with Gasteiger partial charge in [-0.15, -0.1) is 0 Å². The Labute approximate surface area is 206 Å². The van der Waals surface area contributed by atoms with E-state index in [0.29, 0.717) is 22.1 Å². The molecule has 10 heteroatoms. The highest BCUT2D eigenvalue weighted by molar-refractivity contribution is 7.80. The van der Waals surface area contributed by atoms with Gasteiger partial charge in [0.25, 0.3) is 5.91 Å². The molecule has 1 aliphatic heterocycles. The van der Waals surface area contributed by atoms with Crippen molar-refractivity contribution >= 4 is 64.1 Å². The second kappa shape index (κ2) is 10.3. The number of urea groups is 1. The summed E-state index contributed by atoms with van der Waals surface area (Å²) in [5, 5.41) is 10.5. The van der Waals surface area contributed by atoms with Crippen LogP contribution in [0, 0.1) is 6.92 Å². The van der Waals surface area contributed by atoms with Crippen LogP contribution in [0.1, 0.15) is 11.1 Å². The number of nitrogens with one attached hydrogen (secondary N) is 3. The fourth-order valence-corrected chi connectivity index (χ4v) is 3.67. The summed E-state index contributed by atoms with van der Waals surface area (Å²) in [7, 11) is 0. The minimum Gasteiger partial charge on any atom is -0.481 e. The molecule has 0 fully saturated rings. The summed E-state index contributed by atoms with van der Waals surface area (Å²) in [6.07, 6.45) is 1.50. The van der Waals surface area contributed by atoms with Crippen molar-refractivity contribution in [3.05, 3.63) is 82.9 Å². The predicted molar refractivity (Wildman–Crippen MR) is 138 cm³/mol. The Hall–Kier alpha value is -3.95. The molecule has 172 valence electrons. The predicted octanol–water partition coefficient (Wildman–Crippen LogP) is 4.93. The van der Waals surface area contributed by atoms with Gasteiger partial charge in [-0.1, -0.05) is 35.9 Å². The normalized spacial score (nSPS) is 12.6. The van der Waals surface area contributed by atoms with Crippen LogP contribution in [0.5, 0.6) is 5.75 Å². The minimum atomic E-state index is -0.537. The van der Waals surface area contributed by atoms with Crippen molar-refractivity contribution in [2.45, 2.75) is 6.92 Å². The maximum Gasteiger partial charge on any atom is 0.339 e. The van der Waals surface area contributed by atoms with Gasteiger partial charge in [-0.05, 0) is 66.7 Å². The third kappa shape index (κ3) is 5.69. The number of benzene rings is 3. The van der Waals surface area contributed by atoms with E-state index in [9.17, 15) is 9.59 Å². The maximum absolute atomic E-state index is 12.5. The highest BCUT2D eigenvalue weighted by Gasteiger charge is 2.29. The molecule has 3 N–H and O–H groups in total. The smallest absolute Gasteiger partial charge is 0.339 e. The van der Waals surface area contributed by atoms with Crippen molar-refractivity contribution in [2.24, 2.45) is 5.10 Å². The van der Waals surface area contributed by atoms with Crippen LogP contribution in [0.2, 0.25) is 5.02 Å². The van der Waals surface area contributed by atoms with E-state index in [1.54, 1.807) is 42.5 Å². The van der Waals surface area contributed by atoms with Gasteiger partial charge in [-0.2, -0.15) is 5.10 Å². The first-order chi connectivity index (χ1) is 16.4. The SMILES string of the molecule is Cc1cccc(NC(=S)N2C(=O)COc3cc(NC(=O)N/N=C/c4ccc(Cl)cc4)ccc32)c1. The first-order valence-corrected chi connectivity index (χ1v) is 11.0. The van der Waals surface area contributed by atoms with Crippen molar-refractivity contribution in [3.8, 4) is 5.75 Å². The molecule has 0 radical (unpaired) electrons. The zero-order valence-corrected chi connectivity index (χ0v) is 19.6. The van der Waals surface area contributed by atoms with Crippen LogP contribution in [-0.2, 0) is 4.79 Å². The van der Waals surface area contributed by atoms with Crippen molar-refractivity contribution in [2.75, 3.05) is 22.1 Å². The molecule has 0 aliphatic carbocycles. The molecule has 0 aromatic heterocycles. The number of carbonyl (C=O) groups is 2. The van der Waals surface area contributed by atoms with Crippen molar-refractivity contribution in [1.29, 1.82) is 0 Å². The molecule has 0 bridgehead atoms. The number of hydrogen-bond acceptors (Lipinski definition) is 5. The Kier molecular flexibility index (Phi) is 7.05. The Morgan fingerprint density at radius 2 is 1.85 bits per heavy atom. The number of nitrogens with zero attached hydrogens (tertiary/aromatic N) is 2. The summed E-state index contributed by atoms with van der Waals surface area (Å²) in [6.45, 7) is 1.79. The van der Waals surface area contributed by atoms with Gasteiger partial charge in [-0.25, -0.2) is 10.2 Å². The lowest BCUT2D eigenvalue weighted by atomic mass is 10.2. The van der Waals surface area contributed by atoms with Gasteiger partial charge >= 0.3 is 6.03 Å². The first-order valence-electron chi connectivity index (χ1n) is 10.2. The highest BCUT2D eigenvalue weighted by atomic mass is 35.5. The average Bonchev–Trinajstić information content (AvgIpc) is 2.80. The number of ether oxygens (including phenoxy) is 1. The number of carbonyl (C=O) groups excluding carboxylic acids is 2. The average molecular weight is 494 g/mol. The molecule has 4 rings (SSSR count). The standard InChI is InChI=1S/C24H20ClN5O3S/c1-15-3-2-4-18(11-15)28-24(34)30-20-10-9-19(12-21(20)33-14-22(30)31)27-23(32)29-26-13-16-5-7-17(25)8-6-16/h2-13H,14H2,1H3,(H,28,34)(H2,27,29,32)/b26-13+. The van der Waals surface area contributed by atoms with Crippen LogP contribution in [0.4, 0.5) is 21.9 Å². The number of fused-ring (bicyclic) bond motifs is 1. The van der Waals surface area contributed by atoms with E-state index in [1.165, 1.54) is 11.1 Å². The lowest BCUT2D eigenvalue weighted by molar-refractivity contribution is -0.120. The number of anilines is 3. The summed E-state index contributed by atoms with van der Waals surface area (Å²) < 4.78 is 5.57. The highest BCUT2D eigenvalue weighted by Crippen LogP contribution is 2.35. The summed E-state index contributed by atoms with van der Waals surface area (Å²) in [5.74, 6) is 0.114. The van der Waals surface area contributed by atoms with Crippen molar-refractivity contribution < 1.29 is 14.3 Å². The third-order valence-electron chi connectivity index (χ3n) is 4.78. The summed E-state index contributed by atoms with van der Waals surface area (Å²) in [6, 6.07) is 19.1. The number of hydrazone groups is 1. The molecule has 8 nitrogen and oxygen atoms in total. The molecule has 3 amide bonds. The molecule has 34 heavy (non-hydrogen) atoms. The minimum absolute atomic E-state index is 0.177. The molecule has 1 aliphatic rings. The molecule has 0 saturated heterocycles. The molecule has 0 spiro atoms. The lowest BCUT2D eigenvalue weighted by Gasteiger charge is -2.30. The second-order valence-corrected chi connectivity index (χ2v) is 8.20. The Bertz CT molecular complexity index is 1280. The van der Waals surface area contributed by atoms with E-state index < -0.39 is 6.03 Å². The quantitative estimate of drug-likeness (QED) is 0.272. The van der Waals surface area contributed by atoms with E-state index in [0.717, 1.165) is 16.8 Å². The largest absolute Gasteiger partial charge is 0.481 e. The van der Waals surface area contributed by atoms with Crippen LogP contribution in [0.15, 0.2) is 71.8 Å². The Morgan fingerprint density at radius 1 is 1.09 bits per heavy atom. The van der Waals surface area contributed by atoms with Crippen LogP contribution in [-0.4, -0.2) is 29.9 Å². The third-order valence-corrected chi connectivity index (χ3v) is 5.32. The van der Waals surface area contributed by atoms with Gasteiger partial charge in [0.05, 0.1) is 11.9 Å². The van der Waals surface area contributed by atoms with Crippen LogP contribution in [0.3, 0.4) is 0 Å². The molecular weight excluding hydrogens is 474 g/mol. The summed E-state index contributed by atoms with van der Waals surface area (Å²) in [4.78, 5) is 26.1. The maximum atomic E-state index is 12.5. The summed E-state index contributed by atoms with van der Waals surface area (Å²) in [5.41, 5.74) is 5.96. The van der Waals surface area contributed by atoms with Crippen LogP contribution < -0.4 is 25.7 Å². The zero-order valence-electron chi connectivity index (χ0n) is 18.0. The fourth-order valence-electron chi connectivity index (χ4n) is 3.23. The number of aryl methyl sites for hydroxylation is 1. The molecule has 3 aromatic carbocycles. The molecule has 0 saturated carbocycles. The number of hydrogen-bond donors (Lipinski definition) is 3. The number of amides is 3. The van der Waals surface area contributed by atoms with Crippen molar-refractivity contribution in [1.82, 2.24) is 5.43 Å². The zero-order chi connectivity index (χ0) is 24.1. The van der Waals surface area contributed by atoms with Gasteiger partial charge in [0.1, 0.15) is 5.75 Å². The Balaban J connectivity index is 1.42. The van der Waals surface area contributed by atoms with Gasteiger partial charge in [0.15, 0.2) is 11.7 Å². The van der Waals surface area contributed by atoms with Gasteiger partial charge < -0.3 is 15.4 Å². The Morgan fingerprint density at radius 3 is 2.62 bits per heavy atom. The number of halogens is 1. The first kappa shape index (κ1) is 23.2. The van der Waals surface area contributed by atoms with Gasteiger partial charge in [-0.3, -0.25) is 9.69 Å². The van der Waals surface area contributed by atoms with Crippen molar-refractivity contribution in [3.63, 3.8) is 0 Å². The van der Waals surface area contributed by atoms with E-state index in [2.05, 4.69) is 21.2 Å². The number of thiocarbonyl (C=S) groups is 1. The molecule has 1 heterocycles. The lowest BCUT2D eigenvalue weighted by Crippen LogP contribution is -2.45. The van der Waals surface area contributed by atoms with E-state index >= 15 is 0 Å². The molecule has 3 aromatic rings. The topological polar surface area (TPSA) is 95.1 Å².